The Morgan fingerprint density at radius 1 is 1.50 bits per heavy atom. The number of ether oxygens (including phenoxy) is 1. The zero-order valence-corrected chi connectivity index (χ0v) is 9.23. The topological polar surface area (TPSA) is 21.6 Å². The van der Waals surface area contributed by atoms with Crippen molar-refractivity contribution >= 4 is 16.8 Å². The highest BCUT2D eigenvalue weighted by molar-refractivity contribution is 8.13. The first kappa shape index (κ1) is 9.59. The lowest BCUT2D eigenvalue weighted by atomic mass is 10.1. The summed E-state index contributed by atoms with van der Waals surface area (Å²) in [5.41, 5.74) is 2.50. The van der Waals surface area contributed by atoms with Crippen LogP contribution in [0.15, 0.2) is 23.2 Å². The average Bonchev–Trinajstić information content (AvgIpc) is 2.66. The van der Waals surface area contributed by atoms with E-state index in [0.717, 1.165) is 23.8 Å². The summed E-state index contributed by atoms with van der Waals surface area (Å²) in [6.07, 6.45) is 3.07. The number of hydrogen-bond donors (Lipinski definition) is 0. The lowest BCUT2D eigenvalue weighted by molar-refractivity contribution is 0.357. The van der Waals surface area contributed by atoms with Gasteiger partial charge < -0.3 is 4.74 Å². The van der Waals surface area contributed by atoms with E-state index < -0.39 is 0 Å². The summed E-state index contributed by atoms with van der Waals surface area (Å²) in [6, 6.07) is 6.29. The van der Waals surface area contributed by atoms with Crippen LogP contribution in [-0.2, 0) is 6.42 Å². The van der Waals surface area contributed by atoms with E-state index in [-0.39, 0.29) is 0 Å². The molecule has 2 rings (SSSR count). The summed E-state index contributed by atoms with van der Waals surface area (Å²) in [4.78, 5) is 4.24. The molecule has 0 unspecified atom stereocenters. The molecule has 74 valence electrons. The molecule has 1 aromatic carbocycles. The Hall–Kier alpha value is -0.960. The number of thioether (sulfide) groups is 1. The zero-order valence-electron chi connectivity index (χ0n) is 8.41. The minimum absolute atomic E-state index is 0.816. The third-order valence-electron chi connectivity index (χ3n) is 2.33. The molecule has 1 aromatic rings. The fourth-order valence-corrected chi connectivity index (χ4v) is 2.20. The second-order valence-electron chi connectivity index (χ2n) is 3.15. The molecule has 0 saturated heterocycles. The zero-order chi connectivity index (χ0) is 9.97. The van der Waals surface area contributed by atoms with Crippen LogP contribution in [0.25, 0.3) is 0 Å². The molecule has 0 N–H and O–H groups in total. The summed E-state index contributed by atoms with van der Waals surface area (Å²) in [6.45, 7) is 0.816. The molecule has 0 saturated carbocycles. The molecular weight excluding hydrogens is 194 g/mol. The van der Waals surface area contributed by atoms with Crippen LogP contribution >= 0.6 is 11.8 Å². The molecule has 0 bridgehead atoms. The third kappa shape index (κ3) is 1.64. The van der Waals surface area contributed by atoms with Crippen LogP contribution in [0.5, 0.6) is 5.75 Å². The van der Waals surface area contributed by atoms with Gasteiger partial charge in [-0.25, -0.2) is 0 Å². The van der Waals surface area contributed by atoms with Crippen LogP contribution < -0.4 is 4.74 Å². The molecular formula is C11H13NOS. The van der Waals surface area contributed by atoms with Gasteiger partial charge in [0.1, 0.15) is 5.75 Å². The first-order valence-electron chi connectivity index (χ1n) is 4.62. The average molecular weight is 207 g/mol. The molecule has 14 heavy (non-hydrogen) atoms. The summed E-state index contributed by atoms with van der Waals surface area (Å²) in [5, 5.41) is 1.08. The Morgan fingerprint density at radius 2 is 2.36 bits per heavy atom. The lowest BCUT2D eigenvalue weighted by Crippen LogP contribution is -1.94. The second kappa shape index (κ2) is 4.05. The third-order valence-corrected chi connectivity index (χ3v) is 3.14. The van der Waals surface area contributed by atoms with Crippen molar-refractivity contribution in [1.29, 1.82) is 0 Å². The Morgan fingerprint density at radius 3 is 3.07 bits per heavy atom. The Kier molecular flexibility index (Phi) is 2.77. The summed E-state index contributed by atoms with van der Waals surface area (Å²) in [7, 11) is 1.83. The molecule has 0 aliphatic carbocycles. The maximum Gasteiger partial charge on any atom is 0.122 e. The van der Waals surface area contributed by atoms with Crippen molar-refractivity contribution in [3.05, 3.63) is 29.3 Å². The maximum atomic E-state index is 5.45. The van der Waals surface area contributed by atoms with E-state index in [1.807, 2.05) is 19.4 Å². The molecule has 0 spiro atoms. The largest absolute Gasteiger partial charge is 0.493 e. The molecule has 1 heterocycles. The molecule has 3 heteroatoms. The van der Waals surface area contributed by atoms with Gasteiger partial charge in [0, 0.05) is 19.0 Å². The van der Waals surface area contributed by atoms with E-state index in [0.29, 0.717) is 0 Å². The van der Waals surface area contributed by atoms with E-state index in [4.69, 9.17) is 4.74 Å². The molecule has 2 nitrogen and oxygen atoms in total. The van der Waals surface area contributed by atoms with Crippen molar-refractivity contribution < 1.29 is 4.74 Å². The van der Waals surface area contributed by atoms with Crippen LogP contribution in [0.4, 0.5) is 0 Å². The number of nitrogens with zero attached hydrogens (tertiary/aromatic N) is 1. The predicted molar refractivity (Wildman–Crippen MR) is 61.6 cm³/mol. The first-order chi connectivity index (χ1) is 6.85. The van der Waals surface area contributed by atoms with Gasteiger partial charge in [0.25, 0.3) is 0 Å². The van der Waals surface area contributed by atoms with Crippen molar-refractivity contribution in [2.24, 2.45) is 4.99 Å². The highest BCUT2D eigenvalue weighted by atomic mass is 32.2. The van der Waals surface area contributed by atoms with Gasteiger partial charge >= 0.3 is 0 Å². The summed E-state index contributed by atoms with van der Waals surface area (Å²) < 4.78 is 5.45. The van der Waals surface area contributed by atoms with Crippen molar-refractivity contribution in [2.45, 2.75) is 6.42 Å². The molecule has 1 aliphatic rings. The Labute approximate surface area is 88.4 Å². The summed E-state index contributed by atoms with van der Waals surface area (Å²) >= 11 is 1.68. The molecule has 0 aromatic heterocycles. The predicted octanol–water partition coefficient (Wildman–Crippen LogP) is 2.36. The van der Waals surface area contributed by atoms with Crippen LogP contribution in [0.1, 0.15) is 11.1 Å². The molecule has 1 aliphatic heterocycles. The van der Waals surface area contributed by atoms with Crippen LogP contribution in [-0.4, -0.2) is 25.0 Å². The lowest BCUT2D eigenvalue weighted by Gasteiger charge is -2.04. The highest BCUT2D eigenvalue weighted by Crippen LogP contribution is 2.27. The molecule has 0 amide bonds. The number of rotatable bonds is 1. The van der Waals surface area contributed by atoms with E-state index >= 15 is 0 Å². The fraction of sp³-hybridized carbons (Fsp3) is 0.364. The van der Waals surface area contributed by atoms with Gasteiger partial charge in [-0.2, -0.15) is 0 Å². The number of fused-ring (bicyclic) bond motifs is 1. The highest BCUT2D eigenvalue weighted by Gasteiger charge is 2.13. The van der Waals surface area contributed by atoms with Crippen LogP contribution in [0, 0.1) is 0 Å². The minimum Gasteiger partial charge on any atom is -0.493 e. The quantitative estimate of drug-likeness (QED) is 0.521. The van der Waals surface area contributed by atoms with Gasteiger partial charge in [-0.1, -0.05) is 0 Å². The standard InChI is InChI=1S/C11H13NOS/c1-12-11(14-2)9-3-4-10-8(7-9)5-6-13-10/h3-4,7H,5-6H2,1-2H3. The van der Waals surface area contributed by atoms with Gasteiger partial charge in [-0.15, -0.1) is 11.8 Å². The maximum absolute atomic E-state index is 5.45. The summed E-state index contributed by atoms with van der Waals surface area (Å²) in [5.74, 6) is 1.03. The fourth-order valence-electron chi connectivity index (χ4n) is 1.66. The van der Waals surface area contributed by atoms with E-state index in [9.17, 15) is 0 Å². The van der Waals surface area contributed by atoms with Crippen LogP contribution in [0.3, 0.4) is 0 Å². The van der Waals surface area contributed by atoms with Gasteiger partial charge in [0.05, 0.1) is 11.7 Å². The van der Waals surface area contributed by atoms with Crippen molar-refractivity contribution in [3.63, 3.8) is 0 Å². The SMILES string of the molecule is CN=C(SC)c1ccc2c(c1)CCO2. The Balaban J connectivity index is 2.37. The second-order valence-corrected chi connectivity index (χ2v) is 3.95. The van der Waals surface area contributed by atoms with Gasteiger partial charge in [0.2, 0.25) is 0 Å². The van der Waals surface area contributed by atoms with E-state index in [1.54, 1.807) is 11.8 Å². The van der Waals surface area contributed by atoms with Gasteiger partial charge in [-0.3, -0.25) is 4.99 Å². The molecule has 0 fully saturated rings. The van der Waals surface area contributed by atoms with E-state index in [2.05, 4.69) is 17.1 Å². The first-order valence-corrected chi connectivity index (χ1v) is 5.84. The Bertz CT molecular complexity index is 374. The van der Waals surface area contributed by atoms with Crippen molar-refractivity contribution in [3.8, 4) is 5.75 Å². The number of hydrogen-bond acceptors (Lipinski definition) is 3. The number of benzene rings is 1. The monoisotopic (exact) mass is 207 g/mol. The number of aliphatic imine (C=N–C) groups is 1. The van der Waals surface area contributed by atoms with E-state index in [1.165, 1.54) is 11.1 Å². The van der Waals surface area contributed by atoms with Gasteiger partial charge in [0.15, 0.2) is 0 Å². The van der Waals surface area contributed by atoms with Crippen molar-refractivity contribution in [1.82, 2.24) is 0 Å². The smallest absolute Gasteiger partial charge is 0.122 e. The van der Waals surface area contributed by atoms with Crippen LogP contribution in [0.2, 0.25) is 0 Å². The minimum atomic E-state index is 0.816. The molecule has 0 radical (unpaired) electrons. The molecule has 0 atom stereocenters. The normalized spacial score (nSPS) is 15.1. The van der Waals surface area contributed by atoms with Gasteiger partial charge in [-0.05, 0) is 30.0 Å². The van der Waals surface area contributed by atoms with Crippen molar-refractivity contribution in [2.75, 3.05) is 19.9 Å².